The zero-order valence-electron chi connectivity index (χ0n) is 17.4. The third-order valence-corrected chi connectivity index (χ3v) is 6.45. The molecule has 0 aliphatic carbocycles. The van der Waals surface area contributed by atoms with Crippen LogP contribution in [0.1, 0.15) is 16.0 Å². The van der Waals surface area contributed by atoms with Crippen molar-refractivity contribution in [3.8, 4) is 17.1 Å². The Morgan fingerprint density at radius 1 is 1.28 bits per heavy atom. The molecule has 4 aromatic rings. The van der Waals surface area contributed by atoms with Crippen molar-refractivity contribution in [2.45, 2.75) is 19.9 Å². The molecule has 7 nitrogen and oxygen atoms in total. The van der Waals surface area contributed by atoms with Crippen LogP contribution in [0.2, 0.25) is 5.02 Å². The van der Waals surface area contributed by atoms with Gasteiger partial charge in [0.2, 0.25) is 5.91 Å². The average Bonchev–Trinajstić information content (AvgIpc) is 3.37. The van der Waals surface area contributed by atoms with E-state index in [9.17, 15) is 4.79 Å². The Morgan fingerprint density at radius 2 is 2.06 bits per heavy atom. The van der Waals surface area contributed by atoms with Crippen LogP contribution in [0.3, 0.4) is 0 Å². The Bertz CT molecular complexity index is 1310. The SMILES string of the molecule is COc1ccc(-c2n[nH]c(=S)n2CC(=O)Nc2ncc(Cc3ccc(C)c(Cl)c3)s2)cc1. The summed E-state index contributed by atoms with van der Waals surface area (Å²) in [7, 11) is 1.61. The van der Waals surface area contributed by atoms with Gasteiger partial charge in [0, 0.05) is 28.1 Å². The van der Waals surface area contributed by atoms with Gasteiger partial charge in [-0.1, -0.05) is 23.7 Å². The van der Waals surface area contributed by atoms with Gasteiger partial charge in [0.05, 0.1) is 7.11 Å². The van der Waals surface area contributed by atoms with Crippen molar-refractivity contribution in [1.29, 1.82) is 0 Å². The molecule has 0 saturated carbocycles. The molecule has 0 spiro atoms. The third-order valence-electron chi connectivity index (χ3n) is 4.82. The van der Waals surface area contributed by atoms with Crippen LogP contribution in [0.4, 0.5) is 5.13 Å². The molecule has 0 bridgehead atoms. The van der Waals surface area contributed by atoms with E-state index < -0.39 is 0 Å². The minimum absolute atomic E-state index is 0.0131. The highest BCUT2D eigenvalue weighted by atomic mass is 35.5. The molecule has 4 rings (SSSR count). The highest BCUT2D eigenvalue weighted by Gasteiger charge is 2.14. The predicted molar refractivity (Wildman–Crippen MR) is 129 cm³/mol. The van der Waals surface area contributed by atoms with Crippen LogP contribution < -0.4 is 10.1 Å². The normalized spacial score (nSPS) is 10.8. The zero-order valence-corrected chi connectivity index (χ0v) is 19.8. The molecule has 0 unspecified atom stereocenters. The molecule has 0 atom stereocenters. The summed E-state index contributed by atoms with van der Waals surface area (Å²) in [4.78, 5) is 18.0. The Balaban J connectivity index is 1.44. The molecule has 10 heteroatoms. The number of thiazole rings is 1. The van der Waals surface area contributed by atoms with Gasteiger partial charge in [0.15, 0.2) is 15.7 Å². The molecular formula is C22H20ClN5O2S2. The van der Waals surface area contributed by atoms with E-state index in [4.69, 9.17) is 28.6 Å². The average molecular weight is 486 g/mol. The Labute approximate surface area is 199 Å². The van der Waals surface area contributed by atoms with Crippen molar-refractivity contribution in [2.24, 2.45) is 0 Å². The predicted octanol–water partition coefficient (Wildman–Crippen LogP) is 5.26. The molecule has 2 aromatic heterocycles. The Kier molecular flexibility index (Phi) is 6.69. The van der Waals surface area contributed by atoms with E-state index in [1.165, 1.54) is 11.3 Å². The fourth-order valence-corrected chi connectivity index (χ4v) is 4.38. The zero-order chi connectivity index (χ0) is 22.7. The highest BCUT2D eigenvalue weighted by molar-refractivity contribution is 7.71. The van der Waals surface area contributed by atoms with Gasteiger partial charge in [0.25, 0.3) is 0 Å². The van der Waals surface area contributed by atoms with Gasteiger partial charge in [-0.2, -0.15) is 5.10 Å². The van der Waals surface area contributed by atoms with Gasteiger partial charge in [-0.05, 0) is 60.6 Å². The lowest BCUT2D eigenvalue weighted by Crippen LogP contribution is -2.19. The monoisotopic (exact) mass is 485 g/mol. The van der Waals surface area contributed by atoms with Crippen molar-refractivity contribution >= 4 is 46.2 Å². The Hall–Kier alpha value is -3.01. The number of benzene rings is 2. The molecule has 0 saturated heterocycles. The third kappa shape index (κ3) is 5.07. The summed E-state index contributed by atoms with van der Waals surface area (Å²) >= 11 is 13.0. The van der Waals surface area contributed by atoms with E-state index in [-0.39, 0.29) is 12.5 Å². The number of aromatic nitrogens is 4. The number of halogens is 1. The number of nitrogens with zero attached hydrogens (tertiary/aromatic N) is 3. The molecule has 2 heterocycles. The minimum Gasteiger partial charge on any atom is -0.497 e. The van der Waals surface area contributed by atoms with E-state index in [0.29, 0.717) is 22.1 Å². The number of hydrogen-bond acceptors (Lipinski definition) is 6. The minimum atomic E-state index is -0.239. The second kappa shape index (κ2) is 9.64. The number of aromatic amines is 1. The van der Waals surface area contributed by atoms with Crippen LogP contribution in [0, 0.1) is 11.7 Å². The van der Waals surface area contributed by atoms with Crippen LogP contribution in [-0.4, -0.2) is 32.8 Å². The van der Waals surface area contributed by atoms with Crippen molar-refractivity contribution in [1.82, 2.24) is 19.7 Å². The molecule has 2 aromatic carbocycles. The fraction of sp³-hybridized carbons (Fsp3) is 0.182. The molecule has 0 aliphatic heterocycles. The first-order valence-electron chi connectivity index (χ1n) is 9.72. The van der Waals surface area contributed by atoms with Gasteiger partial charge in [-0.3, -0.25) is 14.5 Å². The fourth-order valence-electron chi connectivity index (χ4n) is 3.12. The number of aryl methyl sites for hydroxylation is 1. The molecule has 0 fully saturated rings. The number of hydrogen-bond donors (Lipinski definition) is 2. The standard InChI is InChI=1S/C22H20ClN5O2S2/c1-13-3-4-14(10-18(13)23)9-17-11-24-21(32-17)25-19(29)12-28-20(26-27-22(28)31)15-5-7-16(30-2)8-6-15/h3-8,10-11H,9,12H2,1-2H3,(H,27,31)(H,24,25,29). The van der Waals surface area contributed by atoms with Crippen LogP contribution >= 0.6 is 35.2 Å². The smallest absolute Gasteiger partial charge is 0.246 e. The van der Waals surface area contributed by atoms with E-state index in [0.717, 1.165) is 32.3 Å². The van der Waals surface area contributed by atoms with E-state index >= 15 is 0 Å². The van der Waals surface area contributed by atoms with E-state index in [2.05, 4.69) is 20.5 Å². The Morgan fingerprint density at radius 3 is 2.78 bits per heavy atom. The number of nitrogens with one attached hydrogen (secondary N) is 2. The van der Waals surface area contributed by atoms with Crippen LogP contribution in [0.25, 0.3) is 11.4 Å². The van der Waals surface area contributed by atoms with Crippen LogP contribution in [-0.2, 0) is 17.8 Å². The number of H-pyrrole nitrogens is 1. The number of methoxy groups -OCH3 is 1. The van der Waals surface area contributed by atoms with Gasteiger partial charge >= 0.3 is 0 Å². The summed E-state index contributed by atoms with van der Waals surface area (Å²) in [6, 6.07) is 13.4. The van der Waals surface area contributed by atoms with Crippen molar-refractivity contribution in [2.75, 3.05) is 12.4 Å². The number of ether oxygens (including phenoxy) is 1. The van der Waals surface area contributed by atoms with Gasteiger partial charge in [0.1, 0.15) is 12.3 Å². The van der Waals surface area contributed by atoms with Crippen LogP contribution in [0.5, 0.6) is 5.75 Å². The van der Waals surface area contributed by atoms with E-state index in [1.807, 2.05) is 49.4 Å². The molecule has 0 radical (unpaired) electrons. The van der Waals surface area contributed by atoms with Crippen molar-refractivity contribution in [3.05, 3.63) is 74.5 Å². The number of rotatable bonds is 7. The molecule has 32 heavy (non-hydrogen) atoms. The quantitative estimate of drug-likeness (QED) is 0.348. The highest BCUT2D eigenvalue weighted by Crippen LogP contribution is 2.24. The van der Waals surface area contributed by atoms with Gasteiger partial charge in [-0.15, -0.1) is 11.3 Å². The summed E-state index contributed by atoms with van der Waals surface area (Å²) in [6.45, 7) is 1.98. The molecular weight excluding hydrogens is 466 g/mol. The summed E-state index contributed by atoms with van der Waals surface area (Å²) < 4.78 is 7.20. The second-order valence-corrected chi connectivity index (χ2v) is 9.02. The maximum Gasteiger partial charge on any atom is 0.246 e. The summed E-state index contributed by atoms with van der Waals surface area (Å²) in [5.41, 5.74) is 2.95. The largest absolute Gasteiger partial charge is 0.497 e. The van der Waals surface area contributed by atoms with Crippen LogP contribution in [0.15, 0.2) is 48.7 Å². The second-order valence-electron chi connectivity index (χ2n) is 7.11. The molecule has 2 N–H and O–H groups in total. The summed E-state index contributed by atoms with van der Waals surface area (Å²) in [5.74, 6) is 1.07. The molecule has 0 aliphatic rings. The number of anilines is 1. The first kappa shape index (κ1) is 22.2. The maximum absolute atomic E-state index is 12.7. The van der Waals surface area contributed by atoms with Crippen molar-refractivity contribution in [3.63, 3.8) is 0 Å². The molecule has 164 valence electrons. The summed E-state index contributed by atoms with van der Waals surface area (Å²) in [6.07, 6.45) is 2.46. The number of carbonyl (C=O) groups is 1. The number of carbonyl (C=O) groups excluding carboxylic acids is 1. The maximum atomic E-state index is 12.7. The lowest BCUT2D eigenvalue weighted by molar-refractivity contribution is -0.116. The first-order chi connectivity index (χ1) is 15.4. The lowest BCUT2D eigenvalue weighted by Gasteiger charge is -2.07. The van der Waals surface area contributed by atoms with Gasteiger partial charge < -0.3 is 10.1 Å². The topological polar surface area (TPSA) is 84.8 Å². The van der Waals surface area contributed by atoms with Crippen molar-refractivity contribution < 1.29 is 9.53 Å². The molecule has 1 amide bonds. The summed E-state index contributed by atoms with van der Waals surface area (Å²) in [5, 5.41) is 11.1. The lowest BCUT2D eigenvalue weighted by atomic mass is 10.1. The van der Waals surface area contributed by atoms with E-state index in [1.54, 1.807) is 17.9 Å². The first-order valence-corrected chi connectivity index (χ1v) is 11.3. The number of amides is 1. The van der Waals surface area contributed by atoms with Gasteiger partial charge in [-0.25, -0.2) is 4.98 Å².